The van der Waals surface area contributed by atoms with E-state index in [4.69, 9.17) is 0 Å². The zero-order valence-electron chi connectivity index (χ0n) is 8.99. The molecule has 1 amide bonds. The van der Waals surface area contributed by atoms with Crippen LogP contribution < -0.4 is 5.32 Å². The maximum atomic E-state index is 11.2. The monoisotopic (exact) mass is 209 g/mol. The quantitative estimate of drug-likeness (QED) is 0.763. The minimum absolute atomic E-state index is 0.0305. The molecule has 0 aliphatic carbocycles. The van der Waals surface area contributed by atoms with Crippen molar-refractivity contribution in [2.75, 3.05) is 0 Å². The summed E-state index contributed by atoms with van der Waals surface area (Å²) in [6, 6.07) is 1.84. The Balaban J connectivity index is 2.25. The fourth-order valence-corrected chi connectivity index (χ4v) is 1.12. The number of hydrogen-bond acceptors (Lipinski definition) is 3. The zero-order valence-corrected chi connectivity index (χ0v) is 8.99. The first-order valence-electron chi connectivity index (χ1n) is 4.82. The van der Waals surface area contributed by atoms with Gasteiger partial charge in [0.25, 0.3) is 0 Å². The van der Waals surface area contributed by atoms with E-state index in [1.807, 2.05) is 19.3 Å². The SMILES string of the molecule is CC(=O)CCC(=O)NCc1ccn(C)n1. The summed E-state index contributed by atoms with van der Waals surface area (Å²) in [5.41, 5.74) is 0.814. The highest BCUT2D eigenvalue weighted by atomic mass is 16.2. The molecule has 0 aliphatic rings. The first kappa shape index (κ1) is 11.4. The number of aryl methyl sites for hydroxylation is 1. The van der Waals surface area contributed by atoms with Crippen LogP contribution in [0.3, 0.4) is 0 Å². The number of Topliss-reactive ketones (excluding diaryl/α,β-unsaturated/α-hetero) is 1. The molecule has 0 unspecified atom stereocenters. The Kier molecular flexibility index (Phi) is 4.03. The summed E-state index contributed by atoms with van der Waals surface area (Å²) >= 11 is 0. The van der Waals surface area contributed by atoms with E-state index in [1.165, 1.54) is 6.92 Å². The molecule has 5 heteroatoms. The van der Waals surface area contributed by atoms with Crippen LogP contribution in [0.2, 0.25) is 0 Å². The minimum atomic E-state index is -0.115. The lowest BCUT2D eigenvalue weighted by Gasteiger charge is -2.01. The predicted molar refractivity (Wildman–Crippen MR) is 55.0 cm³/mol. The Bertz CT molecular complexity index is 357. The van der Waals surface area contributed by atoms with E-state index in [9.17, 15) is 9.59 Å². The fourth-order valence-electron chi connectivity index (χ4n) is 1.12. The Morgan fingerprint density at radius 3 is 2.73 bits per heavy atom. The van der Waals surface area contributed by atoms with Gasteiger partial charge >= 0.3 is 0 Å². The summed E-state index contributed by atoms with van der Waals surface area (Å²) < 4.78 is 1.68. The van der Waals surface area contributed by atoms with Gasteiger partial charge < -0.3 is 10.1 Å². The van der Waals surface area contributed by atoms with E-state index in [2.05, 4.69) is 10.4 Å². The molecule has 0 fully saturated rings. The van der Waals surface area contributed by atoms with Gasteiger partial charge in [-0.15, -0.1) is 0 Å². The van der Waals surface area contributed by atoms with Gasteiger partial charge in [-0.05, 0) is 13.0 Å². The second-order valence-electron chi connectivity index (χ2n) is 3.46. The second kappa shape index (κ2) is 5.29. The van der Waals surface area contributed by atoms with E-state index in [1.54, 1.807) is 4.68 Å². The van der Waals surface area contributed by atoms with Gasteiger partial charge in [0, 0.05) is 26.1 Å². The van der Waals surface area contributed by atoms with Crippen LogP contribution in [0.5, 0.6) is 0 Å². The van der Waals surface area contributed by atoms with Crippen LogP contribution in [0.25, 0.3) is 0 Å². The van der Waals surface area contributed by atoms with Gasteiger partial charge in [0.1, 0.15) is 5.78 Å². The van der Waals surface area contributed by atoms with Gasteiger partial charge in [-0.2, -0.15) is 5.10 Å². The van der Waals surface area contributed by atoms with Crippen molar-refractivity contribution in [2.24, 2.45) is 7.05 Å². The fraction of sp³-hybridized carbons (Fsp3) is 0.500. The zero-order chi connectivity index (χ0) is 11.3. The Hall–Kier alpha value is -1.65. The van der Waals surface area contributed by atoms with E-state index in [0.29, 0.717) is 13.0 Å². The van der Waals surface area contributed by atoms with Gasteiger partial charge in [-0.3, -0.25) is 9.48 Å². The van der Waals surface area contributed by atoms with Crippen molar-refractivity contribution in [3.63, 3.8) is 0 Å². The molecule has 0 saturated carbocycles. The topological polar surface area (TPSA) is 64.0 Å². The molecule has 0 spiro atoms. The maximum Gasteiger partial charge on any atom is 0.220 e. The number of nitrogens with zero attached hydrogens (tertiary/aromatic N) is 2. The van der Waals surface area contributed by atoms with Crippen LogP contribution in [0.1, 0.15) is 25.5 Å². The molecule has 1 heterocycles. The van der Waals surface area contributed by atoms with Crippen LogP contribution in [0.4, 0.5) is 0 Å². The molecular weight excluding hydrogens is 194 g/mol. The van der Waals surface area contributed by atoms with Crippen LogP contribution in [0, 0.1) is 0 Å². The lowest BCUT2D eigenvalue weighted by atomic mass is 10.2. The number of nitrogens with one attached hydrogen (secondary N) is 1. The number of ketones is 1. The van der Waals surface area contributed by atoms with Gasteiger partial charge in [0.05, 0.1) is 12.2 Å². The van der Waals surface area contributed by atoms with E-state index >= 15 is 0 Å². The van der Waals surface area contributed by atoms with Crippen molar-refractivity contribution in [3.8, 4) is 0 Å². The predicted octanol–water partition coefficient (Wildman–Crippen LogP) is 0.405. The molecule has 1 aromatic rings. The first-order valence-corrected chi connectivity index (χ1v) is 4.82. The number of carbonyl (C=O) groups excluding carboxylic acids is 2. The van der Waals surface area contributed by atoms with E-state index in [0.717, 1.165) is 5.69 Å². The Morgan fingerprint density at radius 1 is 1.47 bits per heavy atom. The van der Waals surface area contributed by atoms with Crippen molar-refractivity contribution in [3.05, 3.63) is 18.0 Å². The molecule has 1 N–H and O–H groups in total. The van der Waals surface area contributed by atoms with Gasteiger partial charge in [0.15, 0.2) is 0 Å². The highest BCUT2D eigenvalue weighted by Crippen LogP contribution is 1.95. The van der Waals surface area contributed by atoms with E-state index in [-0.39, 0.29) is 18.1 Å². The molecule has 0 radical (unpaired) electrons. The van der Waals surface area contributed by atoms with Crippen molar-refractivity contribution in [1.29, 1.82) is 0 Å². The summed E-state index contributed by atoms with van der Waals surface area (Å²) in [7, 11) is 1.82. The normalized spacial score (nSPS) is 10.0. The third-order valence-electron chi connectivity index (χ3n) is 1.94. The average Bonchev–Trinajstić information content (AvgIpc) is 2.58. The van der Waals surface area contributed by atoms with Crippen molar-refractivity contribution in [1.82, 2.24) is 15.1 Å². The summed E-state index contributed by atoms with van der Waals surface area (Å²) in [6.45, 7) is 1.89. The molecule has 0 aromatic carbocycles. The van der Waals surface area contributed by atoms with Gasteiger partial charge in [-0.1, -0.05) is 0 Å². The maximum absolute atomic E-state index is 11.2. The number of amides is 1. The third-order valence-corrected chi connectivity index (χ3v) is 1.94. The second-order valence-corrected chi connectivity index (χ2v) is 3.46. The molecule has 1 aromatic heterocycles. The molecule has 0 aliphatic heterocycles. The van der Waals surface area contributed by atoms with Crippen LogP contribution >= 0.6 is 0 Å². The molecule has 15 heavy (non-hydrogen) atoms. The molecule has 0 bridgehead atoms. The summed E-state index contributed by atoms with van der Waals surface area (Å²) in [5.74, 6) is -0.0844. The number of carbonyl (C=O) groups is 2. The largest absolute Gasteiger partial charge is 0.350 e. The lowest BCUT2D eigenvalue weighted by molar-refractivity contribution is -0.124. The van der Waals surface area contributed by atoms with Crippen molar-refractivity contribution >= 4 is 11.7 Å². The van der Waals surface area contributed by atoms with Crippen LogP contribution in [-0.2, 0) is 23.2 Å². The van der Waals surface area contributed by atoms with Crippen molar-refractivity contribution < 1.29 is 9.59 Å². The van der Waals surface area contributed by atoms with Crippen LogP contribution in [0.15, 0.2) is 12.3 Å². The highest BCUT2D eigenvalue weighted by molar-refractivity contribution is 5.83. The molecule has 5 nitrogen and oxygen atoms in total. The number of aromatic nitrogens is 2. The molecular formula is C10H15N3O2. The Morgan fingerprint density at radius 2 is 2.20 bits per heavy atom. The molecule has 0 atom stereocenters. The average molecular weight is 209 g/mol. The minimum Gasteiger partial charge on any atom is -0.350 e. The summed E-state index contributed by atoms with van der Waals surface area (Å²) in [5, 5.41) is 6.81. The van der Waals surface area contributed by atoms with Gasteiger partial charge in [0.2, 0.25) is 5.91 Å². The molecule has 82 valence electrons. The first-order chi connectivity index (χ1) is 7.08. The number of hydrogen-bond donors (Lipinski definition) is 1. The van der Waals surface area contributed by atoms with E-state index < -0.39 is 0 Å². The van der Waals surface area contributed by atoms with Crippen molar-refractivity contribution in [2.45, 2.75) is 26.3 Å². The molecule has 1 rings (SSSR count). The summed E-state index contributed by atoms with van der Waals surface area (Å²) in [6.07, 6.45) is 2.37. The number of rotatable bonds is 5. The Labute approximate surface area is 88.5 Å². The van der Waals surface area contributed by atoms with Gasteiger partial charge in [-0.25, -0.2) is 0 Å². The highest BCUT2D eigenvalue weighted by Gasteiger charge is 2.04. The third kappa shape index (κ3) is 4.39. The summed E-state index contributed by atoms with van der Waals surface area (Å²) in [4.78, 5) is 21.9. The van der Waals surface area contributed by atoms with Crippen LogP contribution in [-0.4, -0.2) is 21.5 Å². The standard InChI is InChI=1S/C10H15N3O2/c1-8(14)3-4-10(15)11-7-9-5-6-13(2)12-9/h5-6H,3-4,7H2,1-2H3,(H,11,15). The smallest absolute Gasteiger partial charge is 0.220 e. The lowest BCUT2D eigenvalue weighted by Crippen LogP contribution is -2.23. The molecule has 0 saturated heterocycles.